The lowest BCUT2D eigenvalue weighted by atomic mass is 10.2. The first-order chi connectivity index (χ1) is 11.6. The molecule has 2 N–H and O–H groups in total. The highest BCUT2D eigenvalue weighted by atomic mass is 16.5. The Hall–Kier alpha value is -2.70. The summed E-state index contributed by atoms with van der Waals surface area (Å²) in [6.45, 7) is 6.78. The summed E-state index contributed by atoms with van der Waals surface area (Å²) < 4.78 is 16.4. The molecule has 0 radical (unpaired) electrons. The van der Waals surface area contributed by atoms with Crippen LogP contribution < -0.4 is 20.1 Å². The molecule has 0 saturated carbocycles. The van der Waals surface area contributed by atoms with Crippen molar-refractivity contribution in [2.45, 2.75) is 27.3 Å². The molecule has 1 aromatic carbocycles. The lowest BCUT2D eigenvalue weighted by Gasteiger charge is -2.14. The van der Waals surface area contributed by atoms with E-state index in [9.17, 15) is 0 Å². The molecule has 0 atom stereocenters. The van der Waals surface area contributed by atoms with Crippen molar-refractivity contribution >= 4 is 11.6 Å². The van der Waals surface area contributed by atoms with Gasteiger partial charge in [-0.05, 0) is 32.9 Å². The van der Waals surface area contributed by atoms with Crippen LogP contribution in [-0.2, 0) is 6.54 Å². The zero-order valence-electron chi connectivity index (χ0n) is 14.8. The van der Waals surface area contributed by atoms with Gasteiger partial charge in [0.05, 0.1) is 26.0 Å². The minimum Gasteiger partial charge on any atom is -0.493 e. The third kappa shape index (κ3) is 4.41. The second-order valence-corrected chi connectivity index (χ2v) is 5.10. The Morgan fingerprint density at radius 1 is 1.29 bits per heavy atom. The van der Waals surface area contributed by atoms with E-state index < -0.39 is 0 Å². The highest BCUT2D eigenvalue weighted by molar-refractivity contribution is 5.93. The van der Waals surface area contributed by atoms with E-state index in [1.54, 1.807) is 14.2 Å². The van der Waals surface area contributed by atoms with E-state index in [1.807, 2.05) is 39.0 Å². The zero-order valence-corrected chi connectivity index (χ0v) is 14.8. The van der Waals surface area contributed by atoms with Crippen molar-refractivity contribution in [3.63, 3.8) is 0 Å². The summed E-state index contributed by atoms with van der Waals surface area (Å²) in [5, 5.41) is 6.36. The molecule has 0 unspecified atom stereocenters. The maximum Gasteiger partial charge on any atom is 0.214 e. The Kier molecular flexibility index (Phi) is 6.06. The summed E-state index contributed by atoms with van der Waals surface area (Å²) in [4.78, 5) is 8.53. The number of nitrogens with one attached hydrogen (secondary N) is 2. The molecular formula is C17H24N4O3. The Labute approximate surface area is 142 Å². The Balaban J connectivity index is 2.02. The molecule has 7 heteroatoms. The van der Waals surface area contributed by atoms with Crippen LogP contribution in [0, 0.1) is 13.8 Å². The van der Waals surface area contributed by atoms with Crippen molar-refractivity contribution in [1.82, 2.24) is 10.3 Å². The van der Waals surface area contributed by atoms with Crippen LogP contribution in [0.5, 0.6) is 11.5 Å². The third-order valence-corrected chi connectivity index (χ3v) is 3.43. The number of aromatic nitrogens is 1. The van der Waals surface area contributed by atoms with E-state index in [0.29, 0.717) is 36.5 Å². The smallest absolute Gasteiger partial charge is 0.214 e. The Bertz CT molecular complexity index is 690. The van der Waals surface area contributed by atoms with Crippen LogP contribution in [0.1, 0.15) is 24.3 Å². The van der Waals surface area contributed by atoms with E-state index >= 15 is 0 Å². The molecule has 0 fully saturated rings. The van der Waals surface area contributed by atoms with Crippen molar-refractivity contribution < 1.29 is 13.9 Å². The highest BCUT2D eigenvalue weighted by Gasteiger charge is 2.09. The minimum absolute atomic E-state index is 0.447. The number of hydrogen-bond acceptors (Lipinski definition) is 5. The number of nitrogens with zero attached hydrogens (tertiary/aromatic N) is 2. The first kappa shape index (κ1) is 17.7. The first-order valence-electron chi connectivity index (χ1n) is 7.78. The summed E-state index contributed by atoms with van der Waals surface area (Å²) in [6.07, 6.45) is 0. The van der Waals surface area contributed by atoms with Crippen LogP contribution in [0.2, 0.25) is 0 Å². The summed E-state index contributed by atoms with van der Waals surface area (Å²) in [5.41, 5.74) is 1.73. The SMILES string of the molecule is CCOc1ccc(NC(=NC)NCc2nc(C)c(C)o2)cc1OC. The number of anilines is 1. The molecule has 130 valence electrons. The van der Waals surface area contributed by atoms with Crippen molar-refractivity contribution in [1.29, 1.82) is 0 Å². The molecule has 2 aromatic rings. The maximum atomic E-state index is 5.55. The zero-order chi connectivity index (χ0) is 17.5. The number of benzene rings is 1. The van der Waals surface area contributed by atoms with Gasteiger partial charge in [-0.3, -0.25) is 4.99 Å². The van der Waals surface area contributed by atoms with Crippen molar-refractivity contribution in [2.75, 3.05) is 26.1 Å². The number of guanidine groups is 1. The molecule has 0 amide bonds. The highest BCUT2D eigenvalue weighted by Crippen LogP contribution is 2.30. The molecule has 0 aliphatic rings. The van der Waals surface area contributed by atoms with Crippen molar-refractivity contribution in [3.8, 4) is 11.5 Å². The van der Waals surface area contributed by atoms with Crippen LogP contribution in [0.3, 0.4) is 0 Å². The molecule has 0 bridgehead atoms. The third-order valence-electron chi connectivity index (χ3n) is 3.43. The Morgan fingerprint density at radius 3 is 2.67 bits per heavy atom. The predicted molar refractivity (Wildman–Crippen MR) is 94.0 cm³/mol. The second-order valence-electron chi connectivity index (χ2n) is 5.10. The van der Waals surface area contributed by atoms with Gasteiger partial charge >= 0.3 is 0 Å². The van der Waals surface area contributed by atoms with Gasteiger partial charge in [-0.1, -0.05) is 0 Å². The lowest BCUT2D eigenvalue weighted by molar-refractivity contribution is 0.311. The number of ether oxygens (including phenoxy) is 2. The van der Waals surface area contributed by atoms with E-state index in [4.69, 9.17) is 13.9 Å². The summed E-state index contributed by atoms with van der Waals surface area (Å²) in [5.74, 6) is 3.42. The van der Waals surface area contributed by atoms with Crippen LogP contribution in [0.15, 0.2) is 27.6 Å². The monoisotopic (exact) mass is 332 g/mol. The van der Waals surface area contributed by atoms with Crippen molar-refractivity contribution in [2.24, 2.45) is 4.99 Å². The number of hydrogen-bond donors (Lipinski definition) is 2. The molecule has 0 aliphatic heterocycles. The fraction of sp³-hybridized carbons (Fsp3) is 0.412. The fourth-order valence-electron chi connectivity index (χ4n) is 2.11. The molecular weight excluding hydrogens is 308 g/mol. The lowest BCUT2D eigenvalue weighted by Crippen LogP contribution is -2.30. The molecule has 7 nitrogen and oxygen atoms in total. The van der Waals surface area contributed by atoms with Crippen LogP contribution >= 0.6 is 0 Å². The summed E-state index contributed by atoms with van der Waals surface area (Å²) >= 11 is 0. The van der Waals surface area contributed by atoms with Gasteiger partial charge < -0.3 is 24.5 Å². The normalized spacial score (nSPS) is 11.3. The number of rotatable bonds is 6. The molecule has 0 aliphatic carbocycles. The topological polar surface area (TPSA) is 80.9 Å². The van der Waals surface area contributed by atoms with Crippen LogP contribution in [-0.4, -0.2) is 31.7 Å². The number of methoxy groups -OCH3 is 1. The molecule has 0 saturated heterocycles. The van der Waals surface area contributed by atoms with Gasteiger partial charge in [0.15, 0.2) is 17.5 Å². The van der Waals surface area contributed by atoms with Gasteiger partial charge in [0.25, 0.3) is 0 Å². The molecule has 24 heavy (non-hydrogen) atoms. The molecule has 1 heterocycles. The molecule has 2 rings (SSSR count). The largest absolute Gasteiger partial charge is 0.493 e. The average molecular weight is 332 g/mol. The predicted octanol–water partition coefficient (Wildman–Crippen LogP) is 2.89. The number of oxazole rings is 1. The quantitative estimate of drug-likeness (QED) is 0.625. The summed E-state index contributed by atoms with van der Waals surface area (Å²) in [7, 11) is 3.31. The maximum absolute atomic E-state index is 5.55. The standard InChI is InChI=1S/C17H24N4O3/c1-6-23-14-8-7-13(9-15(14)22-5)21-17(18-4)19-10-16-20-11(2)12(3)24-16/h7-9H,6,10H2,1-5H3,(H2,18,19,21). The van der Waals surface area contributed by atoms with Gasteiger partial charge in [0.1, 0.15) is 5.76 Å². The van der Waals surface area contributed by atoms with Crippen LogP contribution in [0.4, 0.5) is 5.69 Å². The Morgan fingerprint density at radius 2 is 2.08 bits per heavy atom. The van der Waals surface area contributed by atoms with Gasteiger partial charge in [0.2, 0.25) is 5.89 Å². The van der Waals surface area contributed by atoms with Gasteiger partial charge in [-0.2, -0.15) is 0 Å². The number of aliphatic imine (C=N–C) groups is 1. The molecule has 0 spiro atoms. The minimum atomic E-state index is 0.447. The molecule has 1 aromatic heterocycles. The van der Waals surface area contributed by atoms with E-state index in [1.165, 1.54) is 0 Å². The van der Waals surface area contributed by atoms with Gasteiger partial charge in [-0.15, -0.1) is 0 Å². The first-order valence-corrected chi connectivity index (χ1v) is 7.78. The number of aryl methyl sites for hydroxylation is 2. The van der Waals surface area contributed by atoms with Gasteiger partial charge in [0, 0.05) is 18.8 Å². The van der Waals surface area contributed by atoms with Crippen LogP contribution in [0.25, 0.3) is 0 Å². The van der Waals surface area contributed by atoms with Gasteiger partial charge in [-0.25, -0.2) is 4.98 Å². The van der Waals surface area contributed by atoms with Crippen molar-refractivity contribution in [3.05, 3.63) is 35.5 Å². The fourth-order valence-corrected chi connectivity index (χ4v) is 2.11. The van der Waals surface area contributed by atoms with E-state index in [0.717, 1.165) is 17.1 Å². The summed E-state index contributed by atoms with van der Waals surface area (Å²) in [6, 6.07) is 5.62. The average Bonchev–Trinajstić information content (AvgIpc) is 2.91. The second kappa shape index (κ2) is 8.24. The van der Waals surface area contributed by atoms with E-state index in [-0.39, 0.29) is 0 Å². The van der Waals surface area contributed by atoms with E-state index in [2.05, 4.69) is 20.6 Å².